The molecule has 1 fully saturated rings. The summed E-state index contributed by atoms with van der Waals surface area (Å²) < 4.78 is 8.47. The van der Waals surface area contributed by atoms with Crippen LogP contribution in [0.3, 0.4) is 0 Å². The SMILES string of the molecule is COc1ccc2cn(C[C@@]3(C#Cc4cnc(C)n4C)NC(=O)NC3=O)c(O)c2c1. The van der Waals surface area contributed by atoms with Crippen LogP contribution in [0.1, 0.15) is 11.5 Å². The predicted molar refractivity (Wildman–Crippen MR) is 104 cm³/mol. The van der Waals surface area contributed by atoms with Gasteiger partial charge in [0.25, 0.3) is 5.91 Å². The number of imidazole rings is 1. The number of rotatable bonds is 3. The molecular weight excluding hydrogens is 374 g/mol. The summed E-state index contributed by atoms with van der Waals surface area (Å²) >= 11 is 0. The normalized spacial score (nSPS) is 18.3. The molecule has 0 radical (unpaired) electrons. The molecule has 9 nitrogen and oxygen atoms in total. The Morgan fingerprint density at radius 1 is 1.34 bits per heavy atom. The minimum absolute atomic E-state index is 0.0506. The molecule has 3 N–H and O–H groups in total. The third-order valence-corrected chi connectivity index (χ3v) is 5.04. The minimum Gasteiger partial charge on any atom is -0.497 e. The maximum Gasteiger partial charge on any atom is 0.323 e. The van der Waals surface area contributed by atoms with Gasteiger partial charge in [0, 0.05) is 24.0 Å². The smallest absolute Gasteiger partial charge is 0.323 e. The van der Waals surface area contributed by atoms with Crippen LogP contribution in [0.15, 0.2) is 30.6 Å². The lowest BCUT2D eigenvalue weighted by molar-refractivity contribution is -0.122. The Morgan fingerprint density at radius 2 is 2.14 bits per heavy atom. The third-order valence-electron chi connectivity index (χ3n) is 5.04. The zero-order valence-electron chi connectivity index (χ0n) is 16.1. The zero-order chi connectivity index (χ0) is 20.8. The second-order valence-corrected chi connectivity index (χ2v) is 6.85. The van der Waals surface area contributed by atoms with E-state index in [4.69, 9.17) is 4.74 Å². The Labute approximate surface area is 166 Å². The second kappa shape index (κ2) is 6.60. The molecule has 1 saturated heterocycles. The number of imide groups is 1. The van der Waals surface area contributed by atoms with E-state index in [9.17, 15) is 14.7 Å². The van der Waals surface area contributed by atoms with Crippen LogP contribution in [-0.2, 0) is 18.4 Å². The molecule has 3 amide bonds. The lowest BCUT2D eigenvalue weighted by Crippen LogP contribution is -2.49. The highest BCUT2D eigenvalue weighted by Gasteiger charge is 2.46. The number of aromatic nitrogens is 3. The van der Waals surface area contributed by atoms with Crippen LogP contribution >= 0.6 is 0 Å². The standard InChI is InChI=1S/C20H19N5O4/c1-12-21-9-14(24(12)2)6-7-20(18(27)22-19(28)23-20)11-25-10-13-4-5-15(29-3)8-16(13)17(25)26/h4-5,8-10,26H,11H2,1-3H3,(H2,22,23,27,28)/t20-/m1/s1. The van der Waals surface area contributed by atoms with Crippen molar-refractivity contribution in [3.05, 3.63) is 42.1 Å². The predicted octanol–water partition coefficient (Wildman–Crippen LogP) is 1.03. The van der Waals surface area contributed by atoms with Gasteiger partial charge in [-0.05, 0) is 31.0 Å². The molecule has 3 aromatic rings. The van der Waals surface area contributed by atoms with Gasteiger partial charge in [0.05, 0.1) is 19.9 Å². The van der Waals surface area contributed by atoms with Crippen molar-refractivity contribution in [3.8, 4) is 23.5 Å². The summed E-state index contributed by atoms with van der Waals surface area (Å²) in [6.07, 6.45) is 3.29. The van der Waals surface area contributed by atoms with Crippen molar-refractivity contribution in [2.24, 2.45) is 7.05 Å². The number of amides is 3. The van der Waals surface area contributed by atoms with Gasteiger partial charge in [-0.25, -0.2) is 9.78 Å². The largest absolute Gasteiger partial charge is 0.497 e. The van der Waals surface area contributed by atoms with Crippen molar-refractivity contribution < 1.29 is 19.4 Å². The lowest BCUT2D eigenvalue weighted by atomic mass is 10.0. The first kappa shape index (κ1) is 18.4. The molecule has 9 heteroatoms. The lowest BCUT2D eigenvalue weighted by Gasteiger charge is -2.20. The molecular formula is C20H19N5O4. The van der Waals surface area contributed by atoms with Gasteiger partial charge in [-0.3, -0.25) is 10.1 Å². The number of fused-ring (bicyclic) bond motifs is 1. The third kappa shape index (κ3) is 3.04. The van der Waals surface area contributed by atoms with Crippen molar-refractivity contribution in [1.82, 2.24) is 24.8 Å². The summed E-state index contributed by atoms with van der Waals surface area (Å²) in [5.74, 6) is 6.53. The van der Waals surface area contributed by atoms with E-state index in [0.29, 0.717) is 16.8 Å². The fourth-order valence-corrected chi connectivity index (χ4v) is 3.25. The van der Waals surface area contributed by atoms with Crippen LogP contribution in [0, 0.1) is 18.8 Å². The molecule has 0 saturated carbocycles. The first-order valence-electron chi connectivity index (χ1n) is 8.84. The number of ether oxygens (including phenoxy) is 1. The Bertz CT molecular complexity index is 1210. The maximum atomic E-state index is 12.6. The van der Waals surface area contributed by atoms with E-state index < -0.39 is 17.5 Å². The average molecular weight is 393 g/mol. The fraction of sp³-hybridized carbons (Fsp3) is 0.250. The summed E-state index contributed by atoms with van der Waals surface area (Å²) in [4.78, 5) is 28.7. The Balaban J connectivity index is 1.77. The second-order valence-electron chi connectivity index (χ2n) is 6.85. The van der Waals surface area contributed by atoms with Gasteiger partial charge >= 0.3 is 6.03 Å². The molecule has 1 aliphatic heterocycles. The van der Waals surface area contributed by atoms with Crippen molar-refractivity contribution in [1.29, 1.82) is 0 Å². The monoisotopic (exact) mass is 393 g/mol. The number of carbonyl (C=O) groups is 2. The van der Waals surface area contributed by atoms with E-state index in [-0.39, 0.29) is 12.4 Å². The summed E-state index contributed by atoms with van der Waals surface area (Å²) in [5, 5.41) is 16.8. The number of carbonyl (C=O) groups excluding carboxylic acids is 2. The molecule has 29 heavy (non-hydrogen) atoms. The van der Waals surface area contributed by atoms with E-state index in [1.54, 1.807) is 42.3 Å². The van der Waals surface area contributed by atoms with Gasteiger partial charge in [0.15, 0.2) is 5.88 Å². The number of nitrogens with one attached hydrogen (secondary N) is 2. The van der Waals surface area contributed by atoms with E-state index in [2.05, 4.69) is 27.5 Å². The van der Waals surface area contributed by atoms with Crippen LogP contribution in [0.5, 0.6) is 11.6 Å². The van der Waals surface area contributed by atoms with Gasteiger partial charge in [0.1, 0.15) is 17.3 Å². The van der Waals surface area contributed by atoms with Crippen LogP contribution in [0.4, 0.5) is 4.79 Å². The van der Waals surface area contributed by atoms with Gasteiger partial charge in [-0.15, -0.1) is 0 Å². The average Bonchev–Trinajstić information content (AvgIpc) is 3.28. The van der Waals surface area contributed by atoms with E-state index >= 15 is 0 Å². The van der Waals surface area contributed by atoms with Gasteiger partial charge in [0.2, 0.25) is 5.54 Å². The van der Waals surface area contributed by atoms with E-state index in [1.807, 2.05) is 14.0 Å². The summed E-state index contributed by atoms with van der Waals surface area (Å²) in [6, 6.07) is 4.64. The first-order chi connectivity index (χ1) is 13.8. The minimum atomic E-state index is -1.54. The number of aryl methyl sites for hydroxylation is 1. The Hall–Kier alpha value is -3.93. The Morgan fingerprint density at radius 3 is 2.76 bits per heavy atom. The maximum absolute atomic E-state index is 12.6. The van der Waals surface area contributed by atoms with Crippen molar-refractivity contribution in [2.45, 2.75) is 19.0 Å². The number of hydrogen-bond acceptors (Lipinski definition) is 5. The molecule has 0 spiro atoms. The number of aromatic hydroxyl groups is 1. The van der Waals surface area contributed by atoms with E-state index in [0.717, 1.165) is 11.2 Å². The van der Waals surface area contributed by atoms with Crippen LogP contribution in [0.2, 0.25) is 0 Å². The summed E-state index contributed by atoms with van der Waals surface area (Å²) in [5.41, 5.74) is -0.936. The summed E-state index contributed by atoms with van der Waals surface area (Å²) in [6.45, 7) is 1.76. The highest BCUT2D eigenvalue weighted by atomic mass is 16.5. The Kier molecular flexibility index (Phi) is 4.19. The van der Waals surface area contributed by atoms with Crippen LogP contribution in [-0.4, -0.2) is 43.8 Å². The van der Waals surface area contributed by atoms with Crippen LogP contribution < -0.4 is 15.4 Å². The fourth-order valence-electron chi connectivity index (χ4n) is 3.25. The number of urea groups is 1. The highest BCUT2D eigenvalue weighted by Crippen LogP contribution is 2.31. The zero-order valence-corrected chi connectivity index (χ0v) is 16.1. The number of methoxy groups -OCH3 is 1. The van der Waals surface area contributed by atoms with Crippen molar-refractivity contribution in [3.63, 3.8) is 0 Å². The molecule has 0 unspecified atom stereocenters. The van der Waals surface area contributed by atoms with Gasteiger partial charge in [-0.2, -0.15) is 0 Å². The molecule has 3 heterocycles. The molecule has 0 aliphatic carbocycles. The number of nitrogens with zero attached hydrogens (tertiary/aromatic N) is 3. The highest BCUT2D eigenvalue weighted by molar-refractivity contribution is 6.09. The molecule has 1 aliphatic rings. The van der Waals surface area contributed by atoms with E-state index in [1.165, 1.54) is 4.57 Å². The van der Waals surface area contributed by atoms with Crippen molar-refractivity contribution in [2.75, 3.05) is 7.11 Å². The molecule has 148 valence electrons. The quantitative estimate of drug-likeness (QED) is 0.455. The molecule has 0 bridgehead atoms. The molecule has 1 atom stereocenters. The molecule has 2 aromatic heterocycles. The number of benzene rings is 1. The topological polar surface area (TPSA) is 110 Å². The summed E-state index contributed by atoms with van der Waals surface area (Å²) in [7, 11) is 3.35. The van der Waals surface area contributed by atoms with Crippen molar-refractivity contribution >= 4 is 22.7 Å². The van der Waals surface area contributed by atoms with Gasteiger partial charge < -0.3 is 24.3 Å². The molecule has 1 aromatic carbocycles. The first-order valence-corrected chi connectivity index (χ1v) is 8.84. The number of hydrogen-bond donors (Lipinski definition) is 3. The van der Waals surface area contributed by atoms with Gasteiger partial charge in [-0.1, -0.05) is 5.92 Å². The molecule has 4 rings (SSSR count). The van der Waals surface area contributed by atoms with Crippen LogP contribution in [0.25, 0.3) is 10.8 Å².